The van der Waals surface area contributed by atoms with E-state index in [1.807, 2.05) is 0 Å². The number of allylic oxidation sites excluding steroid dienone is 4. The molecule has 1 aliphatic carbocycles. The number of carbonyl (C=O) groups excluding carboxylic acids is 1. The molecule has 0 bridgehead atoms. The molecule has 1 heterocycles. The SMILES string of the molecule is CC1=C(C)C(C)[C]([Ti+2]2([NH]C=O)[CH]=[CH]2)=C1C.[Cl-].[Cl-]. The Morgan fingerprint density at radius 3 is 2.00 bits per heavy atom. The van der Waals surface area contributed by atoms with Crippen LogP contribution in [-0.2, 0) is 21.6 Å². The molecule has 1 unspecified atom stereocenters. The van der Waals surface area contributed by atoms with Crippen LogP contribution in [0.3, 0.4) is 0 Å². The minimum absolute atomic E-state index is 0. The van der Waals surface area contributed by atoms with E-state index < -0.39 is 16.8 Å². The zero-order chi connectivity index (χ0) is 11.2. The predicted molar refractivity (Wildman–Crippen MR) is 58.6 cm³/mol. The maximum absolute atomic E-state index is 10.7. The van der Waals surface area contributed by atoms with Gasteiger partial charge in [0.15, 0.2) is 0 Å². The van der Waals surface area contributed by atoms with Gasteiger partial charge in [-0.2, -0.15) is 0 Å². The number of nitrogens with one attached hydrogen (secondary N) is 1. The molecule has 0 spiro atoms. The van der Waals surface area contributed by atoms with Crippen LogP contribution >= 0.6 is 0 Å². The Morgan fingerprint density at radius 2 is 1.71 bits per heavy atom. The monoisotopic (exact) mass is 309 g/mol. The Balaban J connectivity index is 0.00000128. The van der Waals surface area contributed by atoms with Gasteiger partial charge in [-0.25, -0.2) is 0 Å². The molecule has 0 aromatic rings. The molecule has 0 aromatic heterocycles. The summed E-state index contributed by atoms with van der Waals surface area (Å²) in [7, 11) is 0. The molecular weight excluding hydrogens is 293 g/mol. The average Bonchev–Trinajstić information content (AvgIpc) is 2.92. The summed E-state index contributed by atoms with van der Waals surface area (Å²) in [5.74, 6) is 0.521. The van der Waals surface area contributed by atoms with Crippen molar-refractivity contribution in [2.75, 3.05) is 0 Å². The first-order valence-electron chi connectivity index (χ1n) is 5.34. The average molecular weight is 310 g/mol. The van der Waals surface area contributed by atoms with Crippen LogP contribution in [0.25, 0.3) is 0 Å². The summed E-state index contributed by atoms with van der Waals surface area (Å²) >= 11 is -2.29. The van der Waals surface area contributed by atoms with Crippen LogP contribution in [0.2, 0.25) is 0 Å². The third-order valence-corrected chi connectivity index (χ3v) is 9.03. The van der Waals surface area contributed by atoms with Crippen molar-refractivity contribution in [2.45, 2.75) is 27.7 Å². The van der Waals surface area contributed by atoms with E-state index in [1.165, 1.54) is 20.6 Å². The van der Waals surface area contributed by atoms with Crippen LogP contribution in [0.5, 0.6) is 0 Å². The minimum atomic E-state index is -2.29. The van der Waals surface area contributed by atoms with Crippen molar-refractivity contribution in [3.63, 3.8) is 0 Å². The molecule has 5 heteroatoms. The summed E-state index contributed by atoms with van der Waals surface area (Å²) in [5, 5.41) is 0. The maximum Gasteiger partial charge on any atom is -1.00 e. The first-order chi connectivity index (χ1) is 7.03. The number of halogens is 2. The smallest absolute Gasteiger partial charge is 1.00 e. The fourth-order valence-corrected chi connectivity index (χ4v) is 8.03. The van der Waals surface area contributed by atoms with Gasteiger partial charge in [0, 0.05) is 0 Å². The maximum atomic E-state index is 10.7. The van der Waals surface area contributed by atoms with Crippen molar-refractivity contribution < 1.29 is 46.5 Å². The van der Waals surface area contributed by atoms with Gasteiger partial charge in [-0.3, -0.25) is 0 Å². The Kier molecular flexibility index (Phi) is 5.74. The van der Waals surface area contributed by atoms with Crippen molar-refractivity contribution in [3.8, 4) is 0 Å². The number of hydrogen-bond acceptors (Lipinski definition) is 1. The fourth-order valence-electron chi connectivity index (χ4n) is 2.57. The van der Waals surface area contributed by atoms with Crippen molar-refractivity contribution in [2.24, 2.45) is 5.92 Å². The first-order valence-corrected chi connectivity index (χ1v) is 8.70. The number of carbonyl (C=O) groups is 1. The van der Waals surface area contributed by atoms with Crippen LogP contribution in [0.1, 0.15) is 27.7 Å². The summed E-state index contributed by atoms with van der Waals surface area (Å²) < 4.78 is 9.10. The molecule has 0 saturated heterocycles. The van der Waals surface area contributed by atoms with E-state index in [1.54, 1.807) is 0 Å². The van der Waals surface area contributed by atoms with Gasteiger partial charge in [0.05, 0.1) is 0 Å². The van der Waals surface area contributed by atoms with Crippen LogP contribution in [0, 0.1) is 5.92 Å². The van der Waals surface area contributed by atoms with Crippen LogP contribution in [-0.4, -0.2) is 6.41 Å². The second-order valence-electron chi connectivity index (χ2n) is 4.53. The summed E-state index contributed by atoms with van der Waals surface area (Å²) in [6.45, 7) is 8.84. The van der Waals surface area contributed by atoms with E-state index in [0.717, 1.165) is 6.41 Å². The molecular formula is C12H17Cl2NOTi. The summed E-state index contributed by atoms with van der Waals surface area (Å²) in [5.41, 5.74) is 4.30. The standard InChI is InChI=1S/C9H13.C2H2.CH3NO.2ClH.Ti/c1-6-5-7(2)9(4)8(6)3;1-2;2-1-3;;;/h6H,1-4H3;1-2H;1H,(H2,2,3);2*1H;/q;;;;;+3/p-3. The number of amides is 1. The first kappa shape index (κ1) is 17.0. The topological polar surface area (TPSA) is 29.1 Å². The van der Waals surface area contributed by atoms with E-state index in [2.05, 4.69) is 40.3 Å². The minimum Gasteiger partial charge on any atom is -1.00 e. The van der Waals surface area contributed by atoms with Gasteiger partial charge in [0.25, 0.3) is 0 Å². The Bertz CT molecular complexity index is 420. The van der Waals surface area contributed by atoms with Crippen LogP contribution < -0.4 is 28.6 Å². The molecule has 1 N–H and O–H groups in total. The molecule has 1 atom stereocenters. The normalized spacial score (nSPS) is 22.2. The van der Waals surface area contributed by atoms with Gasteiger partial charge in [-0.15, -0.1) is 0 Å². The second kappa shape index (κ2) is 5.75. The molecule has 94 valence electrons. The van der Waals surface area contributed by atoms with E-state index in [4.69, 9.17) is 0 Å². The van der Waals surface area contributed by atoms with Gasteiger partial charge >= 0.3 is 94.8 Å². The van der Waals surface area contributed by atoms with Crippen molar-refractivity contribution in [3.05, 3.63) is 29.4 Å². The zero-order valence-corrected chi connectivity index (χ0v) is 13.5. The molecule has 0 radical (unpaired) electrons. The third kappa shape index (κ3) is 2.55. The third-order valence-electron chi connectivity index (χ3n) is 3.88. The summed E-state index contributed by atoms with van der Waals surface area (Å²) in [6.07, 6.45) is 0.871. The second-order valence-corrected chi connectivity index (χ2v) is 9.58. The van der Waals surface area contributed by atoms with E-state index >= 15 is 0 Å². The molecule has 2 nitrogen and oxygen atoms in total. The Hall–Kier alpha value is -0.0157. The van der Waals surface area contributed by atoms with E-state index in [9.17, 15) is 4.79 Å². The van der Waals surface area contributed by atoms with Gasteiger partial charge in [-0.05, 0) is 0 Å². The van der Waals surface area contributed by atoms with Crippen molar-refractivity contribution in [1.29, 1.82) is 0 Å². The largest absolute Gasteiger partial charge is 1.00 e. The van der Waals surface area contributed by atoms with Gasteiger partial charge in [0.1, 0.15) is 0 Å². The van der Waals surface area contributed by atoms with Crippen LogP contribution in [0.15, 0.2) is 29.4 Å². The van der Waals surface area contributed by atoms with Gasteiger partial charge < -0.3 is 24.8 Å². The molecule has 0 saturated carbocycles. The Morgan fingerprint density at radius 1 is 1.18 bits per heavy atom. The van der Waals surface area contributed by atoms with E-state index in [0.29, 0.717) is 5.92 Å². The van der Waals surface area contributed by atoms with Crippen molar-refractivity contribution >= 4 is 6.41 Å². The summed E-state index contributed by atoms with van der Waals surface area (Å²) in [4.78, 5) is 10.7. The molecule has 2 aliphatic rings. The molecule has 0 aromatic carbocycles. The summed E-state index contributed by atoms with van der Waals surface area (Å²) in [6, 6.07) is 0. The molecule has 0 fully saturated rings. The van der Waals surface area contributed by atoms with Crippen molar-refractivity contribution in [1.82, 2.24) is 3.80 Å². The molecule has 1 aliphatic heterocycles. The predicted octanol–water partition coefficient (Wildman–Crippen LogP) is -3.45. The zero-order valence-electron chi connectivity index (χ0n) is 10.5. The van der Waals surface area contributed by atoms with Crippen LogP contribution in [0.4, 0.5) is 0 Å². The molecule has 2 rings (SSSR count). The van der Waals surface area contributed by atoms with Gasteiger partial charge in [-0.1, -0.05) is 0 Å². The molecule has 17 heavy (non-hydrogen) atoms. The van der Waals surface area contributed by atoms with E-state index in [-0.39, 0.29) is 24.8 Å². The fraction of sp³-hybridized carbons (Fsp3) is 0.417. The van der Waals surface area contributed by atoms with Gasteiger partial charge in [0.2, 0.25) is 0 Å². The quantitative estimate of drug-likeness (QED) is 0.426. The Labute approximate surface area is 119 Å². The molecule has 1 amide bonds. The number of hydrogen-bond donors (Lipinski definition) is 1. The number of rotatable bonds is 3.